The van der Waals surface area contributed by atoms with Gasteiger partial charge in [0.15, 0.2) is 0 Å². The number of nitrogens with two attached hydrogens (primary N) is 1. The number of nitrogens with one attached hydrogen (secondary N) is 2. The highest BCUT2D eigenvalue weighted by Crippen LogP contribution is 2.34. The maximum absolute atomic E-state index is 12.9. The normalized spacial score (nSPS) is 11.7. The Morgan fingerprint density at radius 3 is 2.62 bits per heavy atom. The molecule has 0 atom stereocenters. The quantitative estimate of drug-likeness (QED) is 0.153. The van der Waals surface area contributed by atoms with E-state index in [0.717, 1.165) is 34.6 Å². The van der Waals surface area contributed by atoms with E-state index in [1.165, 1.54) is 30.5 Å². The molecule has 1 amide bonds. The lowest BCUT2D eigenvalue weighted by molar-refractivity contribution is -0.137. The summed E-state index contributed by atoms with van der Waals surface area (Å²) in [7, 11) is 0. The summed E-state index contributed by atoms with van der Waals surface area (Å²) in [6.45, 7) is 0. The number of hydrogen-bond donors (Lipinski definition) is 3. The smallest absolute Gasteiger partial charge is 0.334 e. The van der Waals surface area contributed by atoms with Crippen LogP contribution in [0.5, 0.6) is 0 Å². The van der Waals surface area contributed by atoms with Gasteiger partial charge in [-0.1, -0.05) is 35.5 Å². The van der Waals surface area contributed by atoms with Crippen LogP contribution in [0.4, 0.5) is 29.2 Å². The van der Waals surface area contributed by atoms with Gasteiger partial charge in [0.2, 0.25) is 11.1 Å². The van der Waals surface area contributed by atoms with Gasteiger partial charge < -0.3 is 11.2 Å². The molecule has 0 aliphatic heterocycles. The average Bonchev–Trinajstić information content (AvgIpc) is 3.08. The van der Waals surface area contributed by atoms with Crippen molar-refractivity contribution in [3.05, 3.63) is 64.4 Å². The third-order valence-electron chi connectivity index (χ3n) is 3.81. The lowest BCUT2D eigenvalue weighted by atomic mass is 10.2. The number of amides is 1. The van der Waals surface area contributed by atoms with Crippen LogP contribution in [0.1, 0.15) is 11.1 Å². The molecule has 168 valence electrons. The molecule has 4 N–H and O–H groups in total. The van der Waals surface area contributed by atoms with E-state index in [2.05, 4.69) is 26.0 Å². The maximum atomic E-state index is 12.9. The Morgan fingerprint density at radius 1 is 1.22 bits per heavy atom. The van der Waals surface area contributed by atoms with Crippen molar-refractivity contribution in [1.82, 2.24) is 14.9 Å². The largest absolute Gasteiger partial charge is 0.416 e. The Bertz CT molecular complexity index is 1140. The van der Waals surface area contributed by atoms with E-state index in [1.54, 1.807) is 0 Å². The van der Waals surface area contributed by atoms with Gasteiger partial charge in [-0.2, -0.15) is 18.3 Å². The summed E-state index contributed by atoms with van der Waals surface area (Å²) in [6.07, 6.45) is -3.16. The number of nitrogens with zero attached hydrogens (tertiary/aromatic N) is 4. The SMILES string of the molecule is Nn1c(N/N=C/c2ccc(F)cc2)nnc1SCC(=O)Nc1cc(C(F)(F)F)ccc1Cl. The number of anilines is 2. The van der Waals surface area contributed by atoms with Gasteiger partial charge in [-0.25, -0.2) is 14.5 Å². The Hall–Kier alpha value is -3.32. The highest BCUT2D eigenvalue weighted by Gasteiger charge is 2.31. The number of hydrazone groups is 1. The van der Waals surface area contributed by atoms with E-state index in [1.807, 2.05) is 0 Å². The van der Waals surface area contributed by atoms with Crippen molar-refractivity contribution in [2.75, 3.05) is 22.3 Å². The number of rotatable bonds is 7. The number of aromatic nitrogens is 3. The summed E-state index contributed by atoms with van der Waals surface area (Å²) >= 11 is 6.76. The zero-order valence-corrected chi connectivity index (χ0v) is 17.5. The summed E-state index contributed by atoms with van der Waals surface area (Å²) < 4.78 is 52.4. The van der Waals surface area contributed by atoms with Crippen LogP contribution >= 0.6 is 23.4 Å². The van der Waals surface area contributed by atoms with Crippen LogP contribution in [0, 0.1) is 5.82 Å². The zero-order valence-electron chi connectivity index (χ0n) is 15.9. The van der Waals surface area contributed by atoms with Crippen molar-refractivity contribution < 1.29 is 22.4 Å². The molecule has 3 aromatic rings. The van der Waals surface area contributed by atoms with Crippen molar-refractivity contribution >= 4 is 47.1 Å². The van der Waals surface area contributed by atoms with Crippen molar-refractivity contribution in [2.24, 2.45) is 5.10 Å². The van der Waals surface area contributed by atoms with E-state index in [-0.39, 0.29) is 33.4 Å². The third kappa shape index (κ3) is 6.11. The second-order valence-corrected chi connectivity index (χ2v) is 7.48. The van der Waals surface area contributed by atoms with Crippen molar-refractivity contribution in [1.29, 1.82) is 0 Å². The first-order chi connectivity index (χ1) is 15.1. The van der Waals surface area contributed by atoms with Crippen LogP contribution in [0.2, 0.25) is 5.02 Å². The standard InChI is InChI=1S/C18H14ClF4N7OS/c19-13-6-3-11(18(21,22)23)7-14(13)26-15(31)9-32-17-29-28-16(30(17)24)27-25-8-10-1-4-12(20)5-2-10/h1-8H,9,24H2,(H,26,31)(H,27,28)/b25-8+. The van der Waals surface area contributed by atoms with E-state index in [9.17, 15) is 22.4 Å². The molecule has 0 bridgehead atoms. The molecule has 0 aliphatic carbocycles. The zero-order chi connectivity index (χ0) is 23.3. The summed E-state index contributed by atoms with van der Waals surface area (Å²) in [5.41, 5.74) is 2.07. The molecule has 2 aromatic carbocycles. The minimum Gasteiger partial charge on any atom is -0.334 e. The molecule has 1 heterocycles. The molecule has 0 aliphatic rings. The van der Waals surface area contributed by atoms with E-state index >= 15 is 0 Å². The molecule has 14 heteroatoms. The third-order valence-corrected chi connectivity index (χ3v) is 5.09. The second-order valence-electron chi connectivity index (χ2n) is 6.13. The molecule has 0 spiro atoms. The predicted molar refractivity (Wildman–Crippen MR) is 114 cm³/mol. The molecule has 8 nitrogen and oxygen atoms in total. The number of thioether (sulfide) groups is 1. The molecule has 32 heavy (non-hydrogen) atoms. The first kappa shape index (κ1) is 23.3. The number of nitrogen functional groups attached to an aromatic ring is 1. The first-order valence-corrected chi connectivity index (χ1v) is 10.0. The minimum atomic E-state index is -4.57. The molecule has 0 fully saturated rings. The van der Waals surface area contributed by atoms with Crippen LogP contribution in [0.15, 0.2) is 52.7 Å². The van der Waals surface area contributed by atoms with Crippen LogP contribution in [0.25, 0.3) is 0 Å². The predicted octanol–water partition coefficient (Wildman–Crippen LogP) is 3.98. The Balaban J connectivity index is 1.57. The average molecular weight is 488 g/mol. The Kier molecular flexibility index (Phi) is 7.20. The molecular weight excluding hydrogens is 474 g/mol. The van der Waals surface area contributed by atoms with E-state index in [0.29, 0.717) is 5.56 Å². The fraction of sp³-hybridized carbons (Fsp3) is 0.111. The van der Waals surface area contributed by atoms with Gasteiger partial charge in [-0.05, 0) is 35.9 Å². The van der Waals surface area contributed by atoms with Crippen molar-refractivity contribution in [2.45, 2.75) is 11.3 Å². The molecule has 1 aromatic heterocycles. The van der Waals surface area contributed by atoms with Gasteiger partial charge in [-0.3, -0.25) is 4.79 Å². The van der Waals surface area contributed by atoms with Crippen molar-refractivity contribution in [3.63, 3.8) is 0 Å². The van der Waals surface area contributed by atoms with Gasteiger partial charge >= 0.3 is 6.18 Å². The molecular formula is C18H14ClF4N7OS. The highest BCUT2D eigenvalue weighted by molar-refractivity contribution is 7.99. The minimum absolute atomic E-state index is 0.0381. The maximum Gasteiger partial charge on any atom is 0.416 e. The van der Waals surface area contributed by atoms with Gasteiger partial charge in [0.1, 0.15) is 5.82 Å². The van der Waals surface area contributed by atoms with Gasteiger partial charge in [0, 0.05) is 0 Å². The van der Waals surface area contributed by atoms with Gasteiger partial charge in [0.05, 0.1) is 28.2 Å². The summed E-state index contributed by atoms with van der Waals surface area (Å²) in [4.78, 5) is 12.1. The monoisotopic (exact) mass is 487 g/mol. The number of halogens is 5. The van der Waals surface area contributed by atoms with E-state index < -0.39 is 17.6 Å². The second kappa shape index (κ2) is 9.87. The highest BCUT2D eigenvalue weighted by atomic mass is 35.5. The van der Waals surface area contributed by atoms with E-state index in [4.69, 9.17) is 17.4 Å². The van der Waals surface area contributed by atoms with Crippen LogP contribution in [0.3, 0.4) is 0 Å². The van der Waals surface area contributed by atoms with Gasteiger partial charge in [-0.15, -0.1) is 10.2 Å². The fourth-order valence-electron chi connectivity index (χ4n) is 2.28. The van der Waals surface area contributed by atoms with Crippen LogP contribution in [-0.4, -0.2) is 32.7 Å². The number of benzene rings is 2. The molecule has 0 saturated heterocycles. The van der Waals surface area contributed by atoms with Crippen LogP contribution < -0.4 is 16.6 Å². The Labute approximate surface area is 187 Å². The lowest BCUT2D eigenvalue weighted by Gasteiger charge is -2.11. The van der Waals surface area contributed by atoms with Crippen LogP contribution in [-0.2, 0) is 11.0 Å². The fourth-order valence-corrected chi connectivity index (χ4v) is 3.10. The molecule has 0 unspecified atom stereocenters. The summed E-state index contributed by atoms with van der Waals surface area (Å²) in [6, 6.07) is 8.20. The van der Waals surface area contributed by atoms with Crippen molar-refractivity contribution in [3.8, 4) is 0 Å². The Morgan fingerprint density at radius 2 is 1.94 bits per heavy atom. The molecule has 0 saturated carbocycles. The number of carbonyl (C=O) groups excluding carboxylic acids is 1. The number of hydrogen-bond acceptors (Lipinski definition) is 7. The first-order valence-electron chi connectivity index (χ1n) is 8.68. The number of carbonyl (C=O) groups is 1. The topological polar surface area (TPSA) is 110 Å². The molecule has 3 rings (SSSR count). The number of alkyl halides is 3. The molecule has 0 radical (unpaired) electrons. The van der Waals surface area contributed by atoms with Gasteiger partial charge in [0.25, 0.3) is 5.95 Å². The lowest BCUT2D eigenvalue weighted by Crippen LogP contribution is -2.17. The summed E-state index contributed by atoms with van der Waals surface area (Å²) in [5.74, 6) is 4.68. The summed E-state index contributed by atoms with van der Waals surface area (Å²) in [5, 5.41) is 13.9.